The first kappa shape index (κ1) is 19.7. The van der Waals surface area contributed by atoms with Crippen LogP contribution in [0, 0.1) is 0 Å². The molecule has 2 N–H and O–H groups in total. The van der Waals surface area contributed by atoms with Crippen LogP contribution < -0.4 is 15.2 Å². The Balaban J connectivity index is 1.74. The van der Waals surface area contributed by atoms with Gasteiger partial charge in [-0.05, 0) is 51.0 Å². The molecule has 1 heterocycles. The molecule has 0 saturated carbocycles. The van der Waals surface area contributed by atoms with Crippen LogP contribution in [0.5, 0.6) is 11.5 Å². The van der Waals surface area contributed by atoms with E-state index in [1.807, 2.05) is 76.2 Å². The normalized spacial score (nSPS) is 19.0. The first-order valence-electron chi connectivity index (χ1n) is 9.19. The smallest absolute Gasteiger partial charge is 0.480 e. The van der Waals surface area contributed by atoms with Gasteiger partial charge in [0.05, 0.1) is 24.3 Å². The molecule has 144 valence electrons. The Morgan fingerprint density at radius 1 is 0.963 bits per heavy atom. The van der Waals surface area contributed by atoms with Crippen LogP contribution in [0.15, 0.2) is 48.5 Å². The fraction of sp³-hybridized carbons (Fsp3) is 0.429. The van der Waals surface area contributed by atoms with E-state index in [1.165, 1.54) is 0 Å². The number of hydrogen-bond acceptors (Lipinski definition) is 5. The molecule has 1 atom stereocenters. The molecular formula is C21H28BNO4. The van der Waals surface area contributed by atoms with Crippen LogP contribution in [-0.4, -0.2) is 25.4 Å². The van der Waals surface area contributed by atoms with Gasteiger partial charge in [0.15, 0.2) is 11.5 Å². The minimum Gasteiger partial charge on any atom is -0.493 e. The van der Waals surface area contributed by atoms with E-state index in [1.54, 1.807) is 7.11 Å². The summed E-state index contributed by atoms with van der Waals surface area (Å²) < 4.78 is 23.6. The molecule has 1 aliphatic rings. The van der Waals surface area contributed by atoms with Crippen LogP contribution in [0.1, 0.15) is 44.8 Å². The molecule has 5 nitrogen and oxygen atoms in total. The number of hydrogen-bond donors (Lipinski definition) is 1. The van der Waals surface area contributed by atoms with Gasteiger partial charge in [-0.25, -0.2) is 0 Å². The van der Waals surface area contributed by atoms with Crippen LogP contribution >= 0.6 is 0 Å². The van der Waals surface area contributed by atoms with E-state index in [4.69, 9.17) is 24.5 Å². The Labute approximate surface area is 161 Å². The molecule has 27 heavy (non-hydrogen) atoms. The maximum atomic E-state index is 6.43. The topological polar surface area (TPSA) is 62.9 Å². The van der Waals surface area contributed by atoms with Gasteiger partial charge in [0.2, 0.25) is 0 Å². The zero-order chi connectivity index (χ0) is 19.7. The van der Waals surface area contributed by atoms with Crippen molar-refractivity contribution in [3.8, 4) is 11.5 Å². The van der Waals surface area contributed by atoms with E-state index in [2.05, 4.69) is 0 Å². The van der Waals surface area contributed by atoms with Crippen LogP contribution in [0.2, 0.25) is 0 Å². The van der Waals surface area contributed by atoms with Crippen molar-refractivity contribution in [2.75, 3.05) is 7.11 Å². The highest BCUT2D eigenvalue weighted by Gasteiger charge is 2.53. The Morgan fingerprint density at radius 2 is 1.59 bits per heavy atom. The summed E-state index contributed by atoms with van der Waals surface area (Å²) in [4.78, 5) is 0. The van der Waals surface area contributed by atoms with Crippen LogP contribution in [-0.2, 0) is 15.9 Å². The molecule has 0 bridgehead atoms. The number of benzene rings is 2. The average molecular weight is 369 g/mol. The van der Waals surface area contributed by atoms with Gasteiger partial charge in [-0.1, -0.05) is 36.4 Å². The molecule has 1 saturated heterocycles. The lowest BCUT2D eigenvalue weighted by atomic mass is 9.75. The lowest BCUT2D eigenvalue weighted by molar-refractivity contribution is 0.00578. The lowest BCUT2D eigenvalue weighted by Gasteiger charge is -2.32. The van der Waals surface area contributed by atoms with Gasteiger partial charge >= 0.3 is 7.12 Å². The van der Waals surface area contributed by atoms with Crippen molar-refractivity contribution in [1.82, 2.24) is 0 Å². The van der Waals surface area contributed by atoms with Crippen LogP contribution in [0.4, 0.5) is 0 Å². The number of ether oxygens (including phenoxy) is 2. The molecule has 0 spiro atoms. The summed E-state index contributed by atoms with van der Waals surface area (Å²) in [5, 5.41) is 0. The van der Waals surface area contributed by atoms with Crippen molar-refractivity contribution in [2.24, 2.45) is 5.73 Å². The number of rotatable bonds is 6. The number of nitrogens with two attached hydrogens (primary N) is 1. The summed E-state index contributed by atoms with van der Waals surface area (Å²) in [6, 6.07) is 15.7. The van der Waals surface area contributed by atoms with Crippen molar-refractivity contribution in [3.05, 3.63) is 59.7 Å². The molecule has 0 aromatic heterocycles. The van der Waals surface area contributed by atoms with E-state index in [0.29, 0.717) is 18.1 Å². The van der Waals surface area contributed by atoms with Crippen molar-refractivity contribution in [2.45, 2.75) is 51.4 Å². The summed E-state index contributed by atoms with van der Waals surface area (Å²) >= 11 is 0. The minimum atomic E-state index is -0.518. The second-order valence-corrected chi connectivity index (χ2v) is 7.84. The molecule has 2 aromatic rings. The third kappa shape index (κ3) is 4.13. The Morgan fingerprint density at radius 3 is 2.19 bits per heavy atom. The van der Waals surface area contributed by atoms with Gasteiger partial charge in [-0.15, -0.1) is 0 Å². The summed E-state index contributed by atoms with van der Waals surface area (Å²) in [6.07, 6.45) is 0. The summed E-state index contributed by atoms with van der Waals surface area (Å²) in [5.41, 5.74) is 7.57. The predicted molar refractivity (Wildman–Crippen MR) is 107 cm³/mol. The van der Waals surface area contributed by atoms with E-state index in [9.17, 15) is 0 Å². The summed E-state index contributed by atoms with van der Waals surface area (Å²) in [6.45, 7) is 8.53. The van der Waals surface area contributed by atoms with Crippen molar-refractivity contribution in [1.29, 1.82) is 0 Å². The third-order valence-corrected chi connectivity index (χ3v) is 5.37. The zero-order valence-corrected chi connectivity index (χ0v) is 16.7. The first-order valence-corrected chi connectivity index (χ1v) is 9.19. The molecule has 0 amide bonds. The highest BCUT2D eigenvalue weighted by Crippen LogP contribution is 2.40. The Bertz CT molecular complexity index is 763. The minimum absolute atomic E-state index is 0.419. The van der Waals surface area contributed by atoms with Gasteiger partial charge in [0, 0.05) is 0 Å². The molecule has 2 aromatic carbocycles. The second kappa shape index (κ2) is 7.54. The lowest BCUT2D eigenvalue weighted by Crippen LogP contribution is -2.41. The molecular weight excluding hydrogens is 341 g/mol. The molecule has 1 fully saturated rings. The average Bonchev–Trinajstić information content (AvgIpc) is 2.87. The van der Waals surface area contributed by atoms with Crippen LogP contribution in [0.3, 0.4) is 0 Å². The summed E-state index contributed by atoms with van der Waals surface area (Å²) in [5.74, 6) is 0.879. The molecule has 6 heteroatoms. The monoisotopic (exact) mass is 369 g/mol. The zero-order valence-electron chi connectivity index (χ0n) is 16.7. The Kier molecular flexibility index (Phi) is 5.51. The quantitative estimate of drug-likeness (QED) is 0.783. The van der Waals surface area contributed by atoms with Crippen molar-refractivity contribution >= 4 is 7.12 Å². The fourth-order valence-electron chi connectivity index (χ4n) is 2.94. The molecule has 0 unspecified atom stereocenters. The molecule has 0 radical (unpaired) electrons. The van der Waals surface area contributed by atoms with Crippen LogP contribution in [0.25, 0.3) is 0 Å². The van der Waals surface area contributed by atoms with E-state index < -0.39 is 24.3 Å². The van der Waals surface area contributed by atoms with Gasteiger partial charge in [0.25, 0.3) is 0 Å². The van der Waals surface area contributed by atoms with Gasteiger partial charge in [-0.2, -0.15) is 0 Å². The second-order valence-electron chi connectivity index (χ2n) is 7.84. The molecule has 0 aliphatic carbocycles. The third-order valence-electron chi connectivity index (χ3n) is 5.37. The first-order chi connectivity index (χ1) is 12.7. The maximum Gasteiger partial charge on any atom is 0.480 e. The van der Waals surface area contributed by atoms with E-state index in [-0.39, 0.29) is 0 Å². The Hall–Kier alpha value is -2.02. The van der Waals surface area contributed by atoms with Gasteiger partial charge < -0.3 is 24.5 Å². The van der Waals surface area contributed by atoms with Crippen molar-refractivity contribution < 1.29 is 18.8 Å². The van der Waals surface area contributed by atoms with Crippen molar-refractivity contribution in [3.63, 3.8) is 0 Å². The summed E-state index contributed by atoms with van der Waals surface area (Å²) in [7, 11) is 1.10. The number of methoxy groups -OCH3 is 1. The van der Waals surface area contributed by atoms with Gasteiger partial charge in [-0.3, -0.25) is 0 Å². The maximum absolute atomic E-state index is 6.43. The highest BCUT2D eigenvalue weighted by atomic mass is 16.7. The highest BCUT2D eigenvalue weighted by molar-refractivity contribution is 6.47. The molecule has 1 aliphatic heterocycles. The standard InChI is InChI=1S/C21H28BNO4/c1-20(2)21(3,4)27-22(26-20)19(23)16-11-12-17(18(13-16)24-5)25-14-15-9-7-6-8-10-15/h6-13,19H,14,23H2,1-5H3/t19-/m0/s1. The predicted octanol–water partition coefficient (Wildman–Crippen LogP) is 3.91. The van der Waals surface area contributed by atoms with E-state index >= 15 is 0 Å². The fourth-order valence-corrected chi connectivity index (χ4v) is 2.94. The SMILES string of the molecule is COc1cc([C@H](N)B2OC(C)(C)C(C)(C)O2)ccc1OCc1ccccc1. The largest absolute Gasteiger partial charge is 0.493 e. The molecule has 3 rings (SSSR count). The van der Waals surface area contributed by atoms with Gasteiger partial charge in [0.1, 0.15) is 6.61 Å². The van der Waals surface area contributed by atoms with E-state index in [0.717, 1.165) is 11.1 Å².